The Hall–Kier alpha value is -0.540. The quantitative estimate of drug-likeness (QED) is 0.902. The smallest absolute Gasteiger partial charge is 0.123 e. The first-order valence-corrected chi connectivity index (χ1v) is 7.81. The third-order valence-electron chi connectivity index (χ3n) is 4.06. The fraction of sp³-hybridized carbons (Fsp3) is 0.625. The van der Waals surface area contributed by atoms with Crippen molar-refractivity contribution in [3.63, 3.8) is 0 Å². The zero-order valence-electron chi connectivity index (χ0n) is 12.3. The van der Waals surface area contributed by atoms with Crippen LogP contribution in [0.3, 0.4) is 0 Å². The van der Waals surface area contributed by atoms with E-state index in [0.717, 1.165) is 29.7 Å². The fourth-order valence-corrected chi connectivity index (χ4v) is 2.58. The summed E-state index contributed by atoms with van der Waals surface area (Å²) in [7, 11) is 0. The summed E-state index contributed by atoms with van der Waals surface area (Å²) in [4.78, 5) is 0. The number of ether oxygens (including phenoxy) is 1. The number of hydrogen-bond acceptors (Lipinski definition) is 2. The van der Waals surface area contributed by atoms with E-state index in [9.17, 15) is 0 Å². The molecule has 106 valence electrons. The Labute approximate surface area is 125 Å². The minimum absolute atomic E-state index is 0.275. The highest BCUT2D eigenvalue weighted by molar-refractivity contribution is 9.10. The van der Waals surface area contributed by atoms with Gasteiger partial charge in [-0.05, 0) is 41.6 Å². The van der Waals surface area contributed by atoms with E-state index in [1.807, 2.05) is 6.07 Å². The third kappa shape index (κ3) is 3.96. The predicted molar refractivity (Wildman–Crippen MR) is 83.8 cm³/mol. The summed E-state index contributed by atoms with van der Waals surface area (Å²) in [6.07, 6.45) is 1.28. The summed E-state index contributed by atoms with van der Waals surface area (Å²) in [6.45, 7) is 11.1. The molecule has 0 aromatic heterocycles. The maximum atomic E-state index is 5.95. The van der Waals surface area contributed by atoms with Gasteiger partial charge in [0.05, 0.1) is 0 Å². The van der Waals surface area contributed by atoms with E-state index in [1.165, 1.54) is 5.56 Å². The zero-order chi connectivity index (χ0) is 14.0. The summed E-state index contributed by atoms with van der Waals surface area (Å²) in [6, 6.07) is 6.25. The highest BCUT2D eigenvalue weighted by Gasteiger charge is 2.24. The SMILES string of the molecule is CC(CNCC1Cc2cc(Br)ccc2O1)C(C)(C)C. The van der Waals surface area contributed by atoms with Crippen LogP contribution in [0.1, 0.15) is 33.3 Å². The molecular formula is C16H24BrNO. The minimum atomic E-state index is 0.275. The van der Waals surface area contributed by atoms with Crippen LogP contribution in [-0.4, -0.2) is 19.2 Å². The van der Waals surface area contributed by atoms with E-state index >= 15 is 0 Å². The summed E-state index contributed by atoms with van der Waals surface area (Å²) in [5.41, 5.74) is 1.67. The van der Waals surface area contributed by atoms with Gasteiger partial charge in [-0.25, -0.2) is 0 Å². The molecule has 0 aliphatic carbocycles. The Morgan fingerprint density at radius 2 is 2.16 bits per heavy atom. The van der Waals surface area contributed by atoms with Crippen LogP contribution in [0.4, 0.5) is 0 Å². The predicted octanol–water partition coefficient (Wildman–Crippen LogP) is 4.02. The van der Waals surface area contributed by atoms with Crippen molar-refractivity contribution in [3.8, 4) is 5.75 Å². The van der Waals surface area contributed by atoms with Gasteiger partial charge in [-0.2, -0.15) is 0 Å². The van der Waals surface area contributed by atoms with Crippen molar-refractivity contribution in [2.75, 3.05) is 13.1 Å². The lowest BCUT2D eigenvalue weighted by molar-refractivity contribution is 0.208. The van der Waals surface area contributed by atoms with E-state index in [1.54, 1.807) is 0 Å². The largest absolute Gasteiger partial charge is 0.488 e. The second-order valence-electron chi connectivity index (χ2n) is 6.62. The molecule has 3 heteroatoms. The number of nitrogens with one attached hydrogen (secondary N) is 1. The van der Waals surface area contributed by atoms with Crippen molar-refractivity contribution in [2.24, 2.45) is 11.3 Å². The highest BCUT2D eigenvalue weighted by Crippen LogP contribution is 2.31. The molecule has 0 saturated carbocycles. The van der Waals surface area contributed by atoms with E-state index < -0.39 is 0 Å². The zero-order valence-corrected chi connectivity index (χ0v) is 13.9. The van der Waals surface area contributed by atoms with Gasteiger partial charge < -0.3 is 10.1 Å². The Morgan fingerprint density at radius 3 is 2.84 bits per heavy atom. The van der Waals surface area contributed by atoms with Gasteiger partial charge in [0.25, 0.3) is 0 Å². The molecular weight excluding hydrogens is 302 g/mol. The van der Waals surface area contributed by atoms with Crippen molar-refractivity contribution < 1.29 is 4.74 Å². The summed E-state index contributed by atoms with van der Waals surface area (Å²) in [5, 5.41) is 3.55. The fourth-order valence-electron chi connectivity index (χ4n) is 2.17. The van der Waals surface area contributed by atoms with Crippen LogP contribution in [0.2, 0.25) is 0 Å². The summed E-state index contributed by atoms with van der Waals surface area (Å²) < 4.78 is 7.08. The Kier molecular flexibility index (Phi) is 4.57. The molecule has 2 rings (SSSR count). The van der Waals surface area contributed by atoms with Crippen molar-refractivity contribution in [1.29, 1.82) is 0 Å². The van der Waals surface area contributed by atoms with Crippen LogP contribution in [0.15, 0.2) is 22.7 Å². The monoisotopic (exact) mass is 325 g/mol. The molecule has 2 unspecified atom stereocenters. The van der Waals surface area contributed by atoms with Gasteiger partial charge in [0.1, 0.15) is 11.9 Å². The summed E-state index contributed by atoms with van der Waals surface area (Å²) in [5.74, 6) is 1.70. The number of benzene rings is 1. The molecule has 19 heavy (non-hydrogen) atoms. The molecule has 1 heterocycles. The van der Waals surface area contributed by atoms with Crippen LogP contribution in [0.25, 0.3) is 0 Å². The van der Waals surface area contributed by atoms with Gasteiger partial charge in [0.2, 0.25) is 0 Å². The highest BCUT2D eigenvalue weighted by atomic mass is 79.9. The van der Waals surface area contributed by atoms with E-state index in [4.69, 9.17) is 4.74 Å². The van der Waals surface area contributed by atoms with Crippen LogP contribution in [0.5, 0.6) is 5.75 Å². The second kappa shape index (κ2) is 5.84. The van der Waals surface area contributed by atoms with Gasteiger partial charge in [-0.1, -0.05) is 43.6 Å². The van der Waals surface area contributed by atoms with Crippen molar-refractivity contribution in [1.82, 2.24) is 5.32 Å². The normalized spacial score (nSPS) is 19.9. The molecule has 0 radical (unpaired) electrons. The molecule has 1 aromatic carbocycles. The average Bonchev–Trinajstić information content (AvgIpc) is 2.69. The molecule has 1 aliphatic heterocycles. The number of halogens is 1. The first-order valence-electron chi connectivity index (χ1n) is 7.02. The van der Waals surface area contributed by atoms with Crippen LogP contribution >= 0.6 is 15.9 Å². The first-order chi connectivity index (χ1) is 8.86. The second-order valence-corrected chi connectivity index (χ2v) is 7.54. The van der Waals surface area contributed by atoms with Gasteiger partial charge >= 0.3 is 0 Å². The van der Waals surface area contributed by atoms with Gasteiger partial charge in [-0.3, -0.25) is 0 Å². The third-order valence-corrected chi connectivity index (χ3v) is 4.56. The van der Waals surface area contributed by atoms with Crippen LogP contribution in [-0.2, 0) is 6.42 Å². The molecule has 1 N–H and O–H groups in total. The number of rotatable bonds is 4. The lowest BCUT2D eigenvalue weighted by Crippen LogP contribution is -2.36. The molecule has 0 bridgehead atoms. The minimum Gasteiger partial charge on any atom is -0.488 e. The van der Waals surface area contributed by atoms with Crippen molar-refractivity contribution in [3.05, 3.63) is 28.2 Å². The Bertz CT molecular complexity index is 439. The molecule has 0 saturated heterocycles. The molecule has 1 aliphatic rings. The van der Waals surface area contributed by atoms with E-state index in [2.05, 4.69) is 61.1 Å². The summed E-state index contributed by atoms with van der Waals surface area (Å²) >= 11 is 3.51. The Balaban J connectivity index is 1.78. The molecule has 2 atom stereocenters. The average molecular weight is 326 g/mol. The topological polar surface area (TPSA) is 21.3 Å². The molecule has 2 nitrogen and oxygen atoms in total. The number of hydrogen-bond donors (Lipinski definition) is 1. The van der Waals surface area contributed by atoms with E-state index in [0.29, 0.717) is 11.3 Å². The van der Waals surface area contributed by atoms with Gasteiger partial charge in [-0.15, -0.1) is 0 Å². The Morgan fingerprint density at radius 1 is 1.42 bits per heavy atom. The van der Waals surface area contributed by atoms with Crippen LogP contribution < -0.4 is 10.1 Å². The standard InChI is InChI=1S/C16H24BrNO/c1-11(16(2,3)4)9-18-10-14-8-12-7-13(17)5-6-15(12)19-14/h5-7,11,14,18H,8-10H2,1-4H3. The lowest BCUT2D eigenvalue weighted by Gasteiger charge is -2.27. The lowest BCUT2D eigenvalue weighted by atomic mass is 9.82. The van der Waals surface area contributed by atoms with Crippen LogP contribution in [0, 0.1) is 11.3 Å². The maximum Gasteiger partial charge on any atom is 0.123 e. The first kappa shape index (κ1) is 14.9. The maximum absolute atomic E-state index is 5.95. The number of fused-ring (bicyclic) bond motifs is 1. The van der Waals surface area contributed by atoms with Crippen molar-refractivity contribution in [2.45, 2.75) is 40.2 Å². The molecule has 0 fully saturated rings. The molecule has 0 amide bonds. The van der Waals surface area contributed by atoms with Gasteiger partial charge in [0, 0.05) is 17.4 Å². The molecule has 0 spiro atoms. The molecule has 1 aromatic rings. The van der Waals surface area contributed by atoms with E-state index in [-0.39, 0.29) is 6.10 Å². The van der Waals surface area contributed by atoms with Gasteiger partial charge in [0.15, 0.2) is 0 Å². The van der Waals surface area contributed by atoms with Crippen molar-refractivity contribution >= 4 is 15.9 Å².